The Kier molecular flexibility index (Phi) is 6.64. The lowest BCUT2D eigenvalue weighted by Crippen LogP contribution is -2.11. The fourth-order valence-corrected chi connectivity index (χ4v) is 3.15. The number of aryl methyl sites for hydroxylation is 1. The second kappa shape index (κ2) is 8.71. The first-order valence-electron chi connectivity index (χ1n) is 7.86. The van der Waals surface area contributed by atoms with E-state index < -0.39 is 11.9 Å². The lowest BCUT2D eigenvalue weighted by atomic mass is 10.1. The highest BCUT2D eigenvalue weighted by atomic mass is 32.2. The number of carbonyl (C=O) groups excluding carboxylic acids is 2. The van der Waals surface area contributed by atoms with Gasteiger partial charge in [0.15, 0.2) is 0 Å². The number of ether oxygens (including phenoxy) is 2. The molecule has 1 aromatic heterocycles. The Morgan fingerprint density at radius 3 is 2.56 bits per heavy atom. The monoisotopic (exact) mass is 365 g/mol. The summed E-state index contributed by atoms with van der Waals surface area (Å²) in [6.45, 7) is 5.47. The van der Waals surface area contributed by atoms with E-state index >= 15 is 0 Å². The van der Waals surface area contributed by atoms with Crippen molar-refractivity contribution < 1.29 is 23.5 Å². The molecule has 5 nitrogen and oxygen atoms in total. The molecule has 2 aromatic rings. The number of aromatic nitrogens is 1. The second-order valence-corrected chi connectivity index (χ2v) is 6.40. The summed E-state index contributed by atoms with van der Waals surface area (Å²) in [4.78, 5) is 27.5. The van der Waals surface area contributed by atoms with Crippen LogP contribution in [0.5, 0.6) is 0 Å². The molecule has 0 aliphatic carbocycles. The van der Waals surface area contributed by atoms with Crippen LogP contribution in [0.4, 0.5) is 4.39 Å². The molecule has 0 bridgehead atoms. The molecule has 25 heavy (non-hydrogen) atoms. The molecule has 2 rings (SSSR count). The molecule has 0 spiro atoms. The van der Waals surface area contributed by atoms with Crippen molar-refractivity contribution in [2.45, 2.75) is 25.7 Å². The summed E-state index contributed by atoms with van der Waals surface area (Å²) in [5.41, 5.74) is 1.65. The van der Waals surface area contributed by atoms with Crippen molar-refractivity contribution in [1.29, 1.82) is 0 Å². The Morgan fingerprint density at radius 2 is 1.88 bits per heavy atom. The molecule has 0 radical (unpaired) electrons. The summed E-state index contributed by atoms with van der Waals surface area (Å²) < 4.78 is 23.7. The molecular formula is C18H20FNO4S. The summed E-state index contributed by atoms with van der Waals surface area (Å²) in [5, 5.41) is 0. The van der Waals surface area contributed by atoms with E-state index in [1.165, 1.54) is 17.8 Å². The van der Waals surface area contributed by atoms with Gasteiger partial charge in [0.25, 0.3) is 0 Å². The largest absolute Gasteiger partial charge is 0.462 e. The molecule has 0 fully saturated rings. The number of hydrogen-bond acceptors (Lipinski definition) is 5. The molecule has 1 N–H and O–H groups in total. The van der Waals surface area contributed by atoms with Gasteiger partial charge >= 0.3 is 11.9 Å². The molecule has 0 aliphatic heterocycles. The lowest BCUT2D eigenvalue weighted by molar-refractivity contribution is 0.0521. The van der Waals surface area contributed by atoms with Crippen molar-refractivity contribution in [3.63, 3.8) is 0 Å². The minimum Gasteiger partial charge on any atom is -0.462 e. The van der Waals surface area contributed by atoms with E-state index in [1.54, 1.807) is 39.0 Å². The van der Waals surface area contributed by atoms with Gasteiger partial charge in [-0.25, -0.2) is 14.0 Å². The Bertz CT molecular complexity index is 772. The van der Waals surface area contributed by atoms with Gasteiger partial charge in [0.2, 0.25) is 0 Å². The molecule has 7 heteroatoms. The minimum atomic E-state index is -0.551. The zero-order chi connectivity index (χ0) is 18.4. The van der Waals surface area contributed by atoms with Gasteiger partial charge in [-0.2, -0.15) is 0 Å². The van der Waals surface area contributed by atoms with Crippen molar-refractivity contribution in [2.24, 2.45) is 0 Å². The topological polar surface area (TPSA) is 68.4 Å². The molecule has 0 saturated carbocycles. The predicted octanol–water partition coefficient (Wildman–Crippen LogP) is 3.90. The minimum absolute atomic E-state index is 0.129. The summed E-state index contributed by atoms with van der Waals surface area (Å²) in [6.07, 6.45) is 0. The fraction of sp³-hybridized carbons (Fsp3) is 0.333. The van der Waals surface area contributed by atoms with Gasteiger partial charge in [0, 0.05) is 16.3 Å². The zero-order valence-electron chi connectivity index (χ0n) is 14.3. The van der Waals surface area contributed by atoms with Crippen molar-refractivity contribution in [3.8, 4) is 0 Å². The first kappa shape index (κ1) is 19.1. The van der Waals surface area contributed by atoms with Crippen LogP contribution in [-0.2, 0) is 9.47 Å². The van der Waals surface area contributed by atoms with Crippen molar-refractivity contribution in [3.05, 3.63) is 52.6 Å². The summed E-state index contributed by atoms with van der Waals surface area (Å²) in [5.74, 6) is -0.891. The third-order valence-corrected chi connectivity index (χ3v) is 4.54. The van der Waals surface area contributed by atoms with Crippen LogP contribution in [0.25, 0.3) is 0 Å². The summed E-state index contributed by atoms with van der Waals surface area (Å²) >= 11 is 1.27. The van der Waals surface area contributed by atoms with E-state index in [0.717, 1.165) is 0 Å². The third-order valence-electron chi connectivity index (χ3n) is 3.53. The molecule has 1 heterocycles. The molecule has 0 aliphatic rings. The van der Waals surface area contributed by atoms with Crippen molar-refractivity contribution in [1.82, 2.24) is 4.98 Å². The van der Waals surface area contributed by atoms with Crippen LogP contribution in [0, 0.1) is 19.7 Å². The van der Waals surface area contributed by atoms with E-state index in [9.17, 15) is 14.0 Å². The SMILES string of the molecule is CCOC(=O)c1c(C)[nH]c(C(=O)OCCSc2ccccc2F)c1C. The quantitative estimate of drug-likeness (QED) is 0.458. The normalized spacial score (nSPS) is 10.6. The standard InChI is InChI=1S/C18H20FNO4S/c1-4-23-17(21)15-11(2)16(20-12(15)3)18(22)24-9-10-25-14-8-6-5-7-13(14)19/h5-8,20H,4,9-10H2,1-3H3. The van der Waals surface area contributed by atoms with Crippen LogP contribution in [-0.4, -0.2) is 35.9 Å². The number of carbonyl (C=O) groups is 2. The Morgan fingerprint density at radius 1 is 1.16 bits per heavy atom. The molecule has 0 saturated heterocycles. The summed E-state index contributed by atoms with van der Waals surface area (Å²) in [6, 6.07) is 6.43. The van der Waals surface area contributed by atoms with Gasteiger partial charge in [0.05, 0.1) is 12.2 Å². The number of thioether (sulfide) groups is 1. The van der Waals surface area contributed by atoms with Crippen LogP contribution in [0.3, 0.4) is 0 Å². The number of H-pyrrole nitrogens is 1. The number of aromatic amines is 1. The highest BCUT2D eigenvalue weighted by molar-refractivity contribution is 7.99. The Hall–Kier alpha value is -2.28. The van der Waals surface area contributed by atoms with E-state index in [0.29, 0.717) is 27.5 Å². The van der Waals surface area contributed by atoms with Crippen molar-refractivity contribution >= 4 is 23.7 Å². The number of benzene rings is 1. The number of rotatable bonds is 7. The first-order chi connectivity index (χ1) is 12.0. The number of esters is 2. The van der Waals surface area contributed by atoms with Gasteiger partial charge in [0.1, 0.15) is 18.1 Å². The van der Waals surface area contributed by atoms with E-state index in [-0.39, 0.29) is 24.7 Å². The molecule has 0 amide bonds. The van der Waals surface area contributed by atoms with E-state index in [4.69, 9.17) is 9.47 Å². The smallest absolute Gasteiger partial charge is 0.355 e. The van der Waals surface area contributed by atoms with Crippen LogP contribution in [0.1, 0.15) is 39.0 Å². The second-order valence-electron chi connectivity index (χ2n) is 5.26. The molecule has 134 valence electrons. The predicted molar refractivity (Wildman–Crippen MR) is 93.6 cm³/mol. The van der Waals surface area contributed by atoms with E-state index in [2.05, 4.69) is 4.98 Å². The Labute approximate surface area is 149 Å². The zero-order valence-corrected chi connectivity index (χ0v) is 15.2. The maximum atomic E-state index is 13.5. The van der Waals surface area contributed by atoms with Gasteiger partial charge in [-0.1, -0.05) is 12.1 Å². The molecule has 0 atom stereocenters. The Balaban J connectivity index is 1.94. The number of hydrogen-bond donors (Lipinski definition) is 1. The van der Waals surface area contributed by atoms with Gasteiger partial charge in [-0.3, -0.25) is 0 Å². The molecule has 1 aromatic carbocycles. The maximum absolute atomic E-state index is 13.5. The van der Waals surface area contributed by atoms with Gasteiger partial charge < -0.3 is 14.5 Å². The van der Waals surface area contributed by atoms with Crippen LogP contribution < -0.4 is 0 Å². The highest BCUT2D eigenvalue weighted by Crippen LogP contribution is 2.22. The number of halogens is 1. The van der Waals surface area contributed by atoms with Crippen molar-refractivity contribution in [2.75, 3.05) is 19.0 Å². The number of nitrogens with one attached hydrogen (secondary N) is 1. The fourth-order valence-electron chi connectivity index (χ4n) is 2.38. The van der Waals surface area contributed by atoms with E-state index in [1.807, 2.05) is 0 Å². The van der Waals surface area contributed by atoms with Gasteiger partial charge in [-0.05, 0) is 38.5 Å². The third kappa shape index (κ3) is 4.63. The summed E-state index contributed by atoms with van der Waals surface area (Å²) in [7, 11) is 0. The highest BCUT2D eigenvalue weighted by Gasteiger charge is 2.23. The maximum Gasteiger partial charge on any atom is 0.355 e. The van der Waals surface area contributed by atoms with Crippen LogP contribution >= 0.6 is 11.8 Å². The molecule has 0 unspecified atom stereocenters. The van der Waals surface area contributed by atoms with Crippen LogP contribution in [0.2, 0.25) is 0 Å². The molecular weight excluding hydrogens is 345 g/mol. The lowest BCUT2D eigenvalue weighted by Gasteiger charge is -2.06. The van der Waals surface area contributed by atoms with Crippen LogP contribution in [0.15, 0.2) is 29.2 Å². The average Bonchev–Trinajstić information content (AvgIpc) is 2.88. The first-order valence-corrected chi connectivity index (χ1v) is 8.85. The van der Waals surface area contributed by atoms with Gasteiger partial charge in [-0.15, -0.1) is 11.8 Å². The average molecular weight is 365 g/mol.